The van der Waals surface area contributed by atoms with Crippen LogP contribution in [0, 0.1) is 5.92 Å². The normalized spacial score (nSPS) is 32.4. The number of hydrogen-bond acceptors (Lipinski definition) is 2. The van der Waals surface area contributed by atoms with Gasteiger partial charge in [-0.05, 0) is 25.3 Å². The lowest BCUT2D eigenvalue weighted by atomic mass is 9.89. The molecule has 0 heterocycles. The molecule has 60 valence electrons. The Morgan fingerprint density at radius 1 is 1.50 bits per heavy atom. The van der Waals surface area contributed by atoms with Crippen LogP contribution in [0.3, 0.4) is 0 Å². The molecule has 2 unspecified atom stereocenters. The Labute approximate surface area is 62.6 Å². The van der Waals surface area contributed by atoms with Gasteiger partial charge in [0.25, 0.3) is 0 Å². The van der Waals surface area contributed by atoms with Crippen LogP contribution in [0.1, 0.15) is 26.7 Å². The Morgan fingerprint density at radius 3 is 2.50 bits per heavy atom. The molecule has 2 heteroatoms. The number of aliphatic hydroxyl groups excluding tert-OH is 1. The monoisotopic (exact) mass is 143 g/mol. The van der Waals surface area contributed by atoms with E-state index in [0.29, 0.717) is 12.0 Å². The molecule has 0 radical (unpaired) electrons. The summed E-state index contributed by atoms with van der Waals surface area (Å²) in [5.74, 6) is 0.688. The first-order valence-electron chi connectivity index (χ1n) is 4.11. The number of hydrogen-bond donors (Lipinski definition) is 2. The van der Waals surface area contributed by atoms with Gasteiger partial charge in [0.1, 0.15) is 0 Å². The van der Waals surface area contributed by atoms with Gasteiger partial charge in [0.15, 0.2) is 0 Å². The summed E-state index contributed by atoms with van der Waals surface area (Å²) in [6.45, 7) is 5.39. The summed E-state index contributed by atoms with van der Waals surface area (Å²) >= 11 is 0. The van der Waals surface area contributed by atoms with Gasteiger partial charge in [-0.3, -0.25) is 0 Å². The minimum atomic E-state index is -0.0706. The SMILES string of the molecule is CC(C)CNC1CCC1O. The van der Waals surface area contributed by atoms with Crippen molar-refractivity contribution in [2.45, 2.75) is 38.8 Å². The molecular weight excluding hydrogens is 126 g/mol. The van der Waals surface area contributed by atoms with E-state index in [2.05, 4.69) is 19.2 Å². The van der Waals surface area contributed by atoms with E-state index in [1.165, 1.54) is 0 Å². The van der Waals surface area contributed by atoms with Crippen LogP contribution in [0.25, 0.3) is 0 Å². The van der Waals surface area contributed by atoms with Crippen LogP contribution in [0.2, 0.25) is 0 Å². The summed E-state index contributed by atoms with van der Waals surface area (Å²) in [6.07, 6.45) is 2.06. The molecule has 2 N–H and O–H groups in total. The van der Waals surface area contributed by atoms with Gasteiger partial charge in [-0.2, -0.15) is 0 Å². The van der Waals surface area contributed by atoms with E-state index in [4.69, 9.17) is 5.11 Å². The van der Waals surface area contributed by atoms with Gasteiger partial charge in [-0.1, -0.05) is 13.8 Å². The van der Waals surface area contributed by atoms with E-state index in [-0.39, 0.29) is 6.10 Å². The Bertz CT molecular complexity index is 103. The zero-order chi connectivity index (χ0) is 7.56. The molecule has 1 saturated carbocycles. The third kappa shape index (κ3) is 1.96. The molecule has 0 bridgehead atoms. The number of rotatable bonds is 3. The molecule has 0 aliphatic heterocycles. The second-order valence-corrected chi connectivity index (χ2v) is 3.55. The fourth-order valence-electron chi connectivity index (χ4n) is 1.11. The first-order valence-corrected chi connectivity index (χ1v) is 4.11. The lowest BCUT2D eigenvalue weighted by Crippen LogP contribution is -2.48. The second kappa shape index (κ2) is 3.35. The third-order valence-electron chi connectivity index (χ3n) is 2.03. The zero-order valence-electron chi connectivity index (χ0n) is 6.80. The predicted molar refractivity (Wildman–Crippen MR) is 41.9 cm³/mol. The van der Waals surface area contributed by atoms with E-state index in [9.17, 15) is 0 Å². The molecule has 1 aliphatic rings. The van der Waals surface area contributed by atoms with Crippen molar-refractivity contribution in [3.63, 3.8) is 0 Å². The predicted octanol–water partition coefficient (Wildman–Crippen LogP) is 0.755. The first-order chi connectivity index (χ1) is 4.70. The Kier molecular flexibility index (Phi) is 2.69. The lowest BCUT2D eigenvalue weighted by Gasteiger charge is -2.33. The summed E-state index contributed by atoms with van der Waals surface area (Å²) in [6, 6.07) is 0.391. The highest BCUT2D eigenvalue weighted by Gasteiger charge is 2.27. The summed E-state index contributed by atoms with van der Waals surface area (Å²) in [5.41, 5.74) is 0. The molecule has 2 nitrogen and oxygen atoms in total. The Morgan fingerprint density at radius 2 is 2.20 bits per heavy atom. The third-order valence-corrected chi connectivity index (χ3v) is 2.03. The van der Waals surface area contributed by atoms with Crippen molar-refractivity contribution in [1.82, 2.24) is 5.32 Å². The molecule has 0 aromatic carbocycles. The van der Waals surface area contributed by atoms with E-state index in [0.717, 1.165) is 19.4 Å². The second-order valence-electron chi connectivity index (χ2n) is 3.55. The molecule has 1 fully saturated rings. The molecule has 10 heavy (non-hydrogen) atoms. The van der Waals surface area contributed by atoms with Crippen LogP contribution in [-0.4, -0.2) is 23.8 Å². The van der Waals surface area contributed by atoms with Gasteiger partial charge < -0.3 is 10.4 Å². The smallest absolute Gasteiger partial charge is 0.0693 e. The molecule has 1 aliphatic carbocycles. The molecular formula is C8H17NO. The first kappa shape index (κ1) is 8.02. The van der Waals surface area contributed by atoms with Gasteiger partial charge >= 0.3 is 0 Å². The zero-order valence-corrected chi connectivity index (χ0v) is 6.80. The molecule has 1 rings (SSSR count). The molecule has 0 aromatic heterocycles. The van der Waals surface area contributed by atoms with E-state index >= 15 is 0 Å². The minimum absolute atomic E-state index is 0.0706. The quantitative estimate of drug-likeness (QED) is 0.611. The largest absolute Gasteiger partial charge is 0.392 e. The van der Waals surface area contributed by atoms with Crippen molar-refractivity contribution < 1.29 is 5.11 Å². The standard InChI is InChI=1S/C8H17NO/c1-6(2)5-9-7-3-4-8(7)10/h6-10H,3-5H2,1-2H3. The maximum atomic E-state index is 9.16. The average molecular weight is 143 g/mol. The van der Waals surface area contributed by atoms with E-state index in [1.807, 2.05) is 0 Å². The van der Waals surface area contributed by atoms with Crippen molar-refractivity contribution in [3.05, 3.63) is 0 Å². The average Bonchev–Trinajstić information content (AvgIpc) is 1.84. The number of aliphatic hydroxyl groups is 1. The van der Waals surface area contributed by atoms with Crippen LogP contribution in [-0.2, 0) is 0 Å². The fourth-order valence-corrected chi connectivity index (χ4v) is 1.11. The topological polar surface area (TPSA) is 32.3 Å². The highest BCUT2D eigenvalue weighted by Crippen LogP contribution is 2.19. The maximum Gasteiger partial charge on any atom is 0.0693 e. The summed E-state index contributed by atoms with van der Waals surface area (Å²) in [7, 11) is 0. The van der Waals surface area contributed by atoms with Crippen molar-refractivity contribution in [3.8, 4) is 0 Å². The van der Waals surface area contributed by atoms with Gasteiger partial charge in [0.2, 0.25) is 0 Å². The van der Waals surface area contributed by atoms with Crippen LogP contribution in [0.5, 0.6) is 0 Å². The van der Waals surface area contributed by atoms with Gasteiger partial charge in [0, 0.05) is 6.04 Å². The van der Waals surface area contributed by atoms with Crippen LogP contribution in [0.4, 0.5) is 0 Å². The maximum absolute atomic E-state index is 9.16. The van der Waals surface area contributed by atoms with Crippen LogP contribution in [0.15, 0.2) is 0 Å². The minimum Gasteiger partial charge on any atom is -0.392 e. The fraction of sp³-hybridized carbons (Fsp3) is 1.00. The highest BCUT2D eigenvalue weighted by atomic mass is 16.3. The van der Waals surface area contributed by atoms with Crippen LogP contribution < -0.4 is 5.32 Å². The van der Waals surface area contributed by atoms with E-state index < -0.39 is 0 Å². The summed E-state index contributed by atoms with van der Waals surface area (Å²) in [4.78, 5) is 0. The van der Waals surface area contributed by atoms with Crippen LogP contribution >= 0.6 is 0 Å². The molecule has 2 atom stereocenters. The van der Waals surface area contributed by atoms with Crippen molar-refractivity contribution in [1.29, 1.82) is 0 Å². The van der Waals surface area contributed by atoms with Gasteiger partial charge in [-0.25, -0.2) is 0 Å². The Balaban J connectivity index is 2.03. The van der Waals surface area contributed by atoms with Crippen molar-refractivity contribution in [2.75, 3.05) is 6.54 Å². The molecule has 0 saturated heterocycles. The highest BCUT2D eigenvalue weighted by molar-refractivity contribution is 4.86. The number of nitrogens with one attached hydrogen (secondary N) is 1. The van der Waals surface area contributed by atoms with E-state index in [1.54, 1.807) is 0 Å². The lowest BCUT2D eigenvalue weighted by molar-refractivity contribution is 0.0488. The van der Waals surface area contributed by atoms with Crippen molar-refractivity contribution in [2.24, 2.45) is 5.92 Å². The summed E-state index contributed by atoms with van der Waals surface area (Å²) in [5, 5.41) is 12.5. The van der Waals surface area contributed by atoms with Gasteiger partial charge in [-0.15, -0.1) is 0 Å². The molecule has 0 amide bonds. The molecule has 0 spiro atoms. The van der Waals surface area contributed by atoms with Gasteiger partial charge in [0.05, 0.1) is 6.10 Å². The Hall–Kier alpha value is -0.0800. The molecule has 0 aromatic rings. The van der Waals surface area contributed by atoms with Crippen molar-refractivity contribution >= 4 is 0 Å². The summed E-state index contributed by atoms with van der Waals surface area (Å²) < 4.78 is 0.